The fourth-order valence-corrected chi connectivity index (χ4v) is 4.35. The number of hydrogen-bond donors (Lipinski definition) is 0. The molecule has 1 heterocycles. The lowest BCUT2D eigenvalue weighted by molar-refractivity contribution is 0.686. The van der Waals surface area contributed by atoms with Crippen molar-refractivity contribution in [2.75, 3.05) is 6.26 Å². The zero-order valence-electron chi connectivity index (χ0n) is 13.9. The lowest BCUT2D eigenvalue weighted by Crippen LogP contribution is -2.00. The second-order valence-corrected chi connectivity index (χ2v) is 7.89. The van der Waals surface area contributed by atoms with Crippen LogP contribution in [-0.4, -0.2) is 21.0 Å². The van der Waals surface area contributed by atoms with Crippen LogP contribution in [-0.2, 0) is 12.3 Å². The molecule has 2 aromatic carbocycles. The zero-order valence-corrected chi connectivity index (χ0v) is 17.0. The molecular formula is C18H17Cl2N3S2. The SMILES string of the molecule is CCn1c(SCc2ccc(Cl)c(Cl)c2)nnc1-c1ccccc1SC. The van der Waals surface area contributed by atoms with Crippen LogP contribution in [0, 0.1) is 0 Å². The Morgan fingerprint density at radius 2 is 1.84 bits per heavy atom. The molecule has 0 saturated heterocycles. The Bertz CT molecular complexity index is 881. The zero-order chi connectivity index (χ0) is 17.8. The highest BCUT2D eigenvalue weighted by Crippen LogP contribution is 2.32. The summed E-state index contributed by atoms with van der Waals surface area (Å²) >= 11 is 15.4. The average molecular weight is 410 g/mol. The van der Waals surface area contributed by atoms with E-state index < -0.39 is 0 Å². The van der Waals surface area contributed by atoms with Gasteiger partial charge < -0.3 is 4.57 Å². The minimum atomic E-state index is 0.572. The van der Waals surface area contributed by atoms with E-state index in [0.717, 1.165) is 34.4 Å². The van der Waals surface area contributed by atoms with Crippen molar-refractivity contribution in [2.24, 2.45) is 0 Å². The molecule has 0 aliphatic carbocycles. The van der Waals surface area contributed by atoms with E-state index in [1.807, 2.05) is 30.3 Å². The molecule has 0 saturated carbocycles. The maximum Gasteiger partial charge on any atom is 0.191 e. The first-order valence-corrected chi connectivity index (χ1v) is 10.7. The molecule has 3 rings (SSSR count). The van der Waals surface area contributed by atoms with Crippen LogP contribution in [0.1, 0.15) is 12.5 Å². The van der Waals surface area contributed by atoms with E-state index in [2.05, 4.69) is 40.1 Å². The molecule has 0 unspecified atom stereocenters. The Balaban J connectivity index is 1.86. The minimum absolute atomic E-state index is 0.572. The van der Waals surface area contributed by atoms with Gasteiger partial charge in [0.1, 0.15) is 0 Å². The molecule has 0 bridgehead atoms. The van der Waals surface area contributed by atoms with Gasteiger partial charge in [0.2, 0.25) is 0 Å². The van der Waals surface area contributed by atoms with Gasteiger partial charge in [0.05, 0.1) is 10.0 Å². The van der Waals surface area contributed by atoms with Crippen molar-refractivity contribution in [1.82, 2.24) is 14.8 Å². The Kier molecular flexibility index (Phi) is 6.34. The van der Waals surface area contributed by atoms with Gasteiger partial charge in [-0.2, -0.15) is 0 Å². The van der Waals surface area contributed by atoms with Crippen molar-refractivity contribution >= 4 is 46.7 Å². The second kappa shape index (κ2) is 8.49. The summed E-state index contributed by atoms with van der Waals surface area (Å²) < 4.78 is 2.15. The van der Waals surface area contributed by atoms with Crippen molar-refractivity contribution in [2.45, 2.75) is 29.3 Å². The summed E-state index contributed by atoms with van der Waals surface area (Å²) in [6.07, 6.45) is 2.07. The molecule has 0 spiro atoms. The van der Waals surface area contributed by atoms with Crippen LogP contribution in [0.5, 0.6) is 0 Å². The van der Waals surface area contributed by atoms with Crippen LogP contribution in [0.4, 0.5) is 0 Å². The number of thioether (sulfide) groups is 2. The van der Waals surface area contributed by atoms with Gasteiger partial charge in [-0.1, -0.05) is 59.2 Å². The van der Waals surface area contributed by atoms with Crippen LogP contribution >= 0.6 is 46.7 Å². The molecule has 3 aromatic rings. The second-order valence-electron chi connectivity index (χ2n) is 5.29. The molecular weight excluding hydrogens is 393 g/mol. The standard InChI is InChI=1S/C18H17Cl2N3S2/c1-3-23-17(13-6-4-5-7-16(13)24-2)21-22-18(23)25-11-12-8-9-14(19)15(20)10-12/h4-10H,3,11H2,1-2H3. The van der Waals surface area contributed by atoms with Crippen molar-refractivity contribution in [3.8, 4) is 11.4 Å². The third-order valence-corrected chi connectivity index (χ3v) is 6.31. The quantitative estimate of drug-likeness (QED) is 0.447. The number of nitrogens with zero attached hydrogens (tertiary/aromatic N) is 3. The highest BCUT2D eigenvalue weighted by Gasteiger charge is 2.15. The highest BCUT2D eigenvalue weighted by atomic mass is 35.5. The summed E-state index contributed by atoms with van der Waals surface area (Å²) in [5.41, 5.74) is 2.22. The monoisotopic (exact) mass is 409 g/mol. The molecule has 0 aliphatic rings. The summed E-state index contributed by atoms with van der Waals surface area (Å²) in [7, 11) is 0. The topological polar surface area (TPSA) is 30.7 Å². The third-order valence-electron chi connectivity index (χ3n) is 3.73. The Morgan fingerprint density at radius 3 is 2.56 bits per heavy atom. The van der Waals surface area contributed by atoms with Crippen molar-refractivity contribution in [1.29, 1.82) is 0 Å². The fraction of sp³-hybridized carbons (Fsp3) is 0.222. The summed E-state index contributed by atoms with van der Waals surface area (Å²) in [5.74, 6) is 1.67. The molecule has 0 fully saturated rings. The van der Waals surface area contributed by atoms with Gasteiger partial charge in [-0.3, -0.25) is 0 Å². The number of rotatable bonds is 6. The molecule has 0 aliphatic heterocycles. The molecule has 7 heteroatoms. The van der Waals surface area contributed by atoms with Gasteiger partial charge in [0.15, 0.2) is 11.0 Å². The maximum atomic E-state index is 6.09. The van der Waals surface area contributed by atoms with E-state index in [9.17, 15) is 0 Å². The lowest BCUT2D eigenvalue weighted by atomic mass is 10.2. The first-order valence-electron chi connectivity index (χ1n) is 7.77. The van der Waals surface area contributed by atoms with Crippen LogP contribution in [0.3, 0.4) is 0 Å². The van der Waals surface area contributed by atoms with Gasteiger partial charge >= 0.3 is 0 Å². The van der Waals surface area contributed by atoms with E-state index >= 15 is 0 Å². The van der Waals surface area contributed by atoms with Crippen LogP contribution in [0.2, 0.25) is 10.0 Å². The molecule has 25 heavy (non-hydrogen) atoms. The average Bonchev–Trinajstić information content (AvgIpc) is 3.05. The molecule has 3 nitrogen and oxygen atoms in total. The minimum Gasteiger partial charge on any atom is -0.302 e. The fourth-order valence-electron chi connectivity index (χ4n) is 2.49. The third kappa shape index (κ3) is 4.17. The molecule has 0 amide bonds. The number of hydrogen-bond acceptors (Lipinski definition) is 4. The normalized spacial score (nSPS) is 11.0. The molecule has 1 aromatic heterocycles. The van der Waals surface area contributed by atoms with Gasteiger partial charge in [0, 0.05) is 22.8 Å². The molecule has 0 N–H and O–H groups in total. The van der Waals surface area contributed by atoms with Gasteiger partial charge in [-0.25, -0.2) is 0 Å². The predicted molar refractivity (Wildman–Crippen MR) is 109 cm³/mol. The highest BCUT2D eigenvalue weighted by molar-refractivity contribution is 7.98. The molecule has 130 valence electrons. The van der Waals surface area contributed by atoms with Crippen molar-refractivity contribution in [3.63, 3.8) is 0 Å². The van der Waals surface area contributed by atoms with Gasteiger partial charge in [-0.05, 0) is 36.9 Å². The summed E-state index contributed by atoms with van der Waals surface area (Å²) in [4.78, 5) is 1.20. The summed E-state index contributed by atoms with van der Waals surface area (Å²) in [6, 6.07) is 14.0. The van der Waals surface area contributed by atoms with E-state index in [-0.39, 0.29) is 0 Å². The van der Waals surface area contributed by atoms with E-state index in [4.69, 9.17) is 23.2 Å². The Labute approximate surface area is 166 Å². The smallest absolute Gasteiger partial charge is 0.191 e. The number of halogens is 2. The maximum absolute atomic E-state index is 6.09. The van der Waals surface area contributed by atoms with Crippen LogP contribution in [0.15, 0.2) is 52.5 Å². The van der Waals surface area contributed by atoms with Gasteiger partial charge in [-0.15, -0.1) is 22.0 Å². The largest absolute Gasteiger partial charge is 0.302 e. The van der Waals surface area contributed by atoms with Gasteiger partial charge in [0.25, 0.3) is 0 Å². The number of benzene rings is 2. The van der Waals surface area contributed by atoms with E-state index in [1.165, 1.54) is 4.90 Å². The van der Waals surface area contributed by atoms with Crippen LogP contribution in [0.25, 0.3) is 11.4 Å². The van der Waals surface area contributed by atoms with Crippen molar-refractivity contribution in [3.05, 3.63) is 58.1 Å². The summed E-state index contributed by atoms with van der Waals surface area (Å²) in [5, 5.41) is 10.9. The van der Waals surface area contributed by atoms with E-state index in [1.54, 1.807) is 23.5 Å². The Morgan fingerprint density at radius 1 is 1.04 bits per heavy atom. The van der Waals surface area contributed by atoms with Crippen LogP contribution < -0.4 is 0 Å². The predicted octanol–water partition coefficient (Wildman–Crippen LogP) is 6.29. The first-order chi connectivity index (χ1) is 12.1. The molecule has 0 radical (unpaired) electrons. The molecule has 0 atom stereocenters. The first kappa shape index (κ1) is 18.6. The van der Waals surface area contributed by atoms with E-state index in [0.29, 0.717) is 10.0 Å². The number of aromatic nitrogens is 3. The van der Waals surface area contributed by atoms with Crippen molar-refractivity contribution < 1.29 is 0 Å². The summed E-state index contributed by atoms with van der Waals surface area (Å²) in [6.45, 7) is 2.92. The lowest BCUT2D eigenvalue weighted by Gasteiger charge is -2.10. The Hall–Kier alpha value is -1.14.